The number of hydrogen-bond acceptors (Lipinski definition) is 3. The number of anilines is 1. The van der Waals surface area contributed by atoms with E-state index in [4.69, 9.17) is 0 Å². The first-order valence-corrected chi connectivity index (χ1v) is 11.6. The van der Waals surface area contributed by atoms with E-state index in [9.17, 15) is 18.0 Å². The summed E-state index contributed by atoms with van der Waals surface area (Å²) < 4.78 is 38.3. The highest BCUT2D eigenvalue weighted by atomic mass is 32.1. The van der Waals surface area contributed by atoms with Gasteiger partial charge < -0.3 is 0 Å². The number of unbranched alkanes of at least 4 members (excludes halogenated alkanes) is 13. The molecule has 162 valence electrons. The molecule has 1 aromatic heterocycles. The minimum Gasteiger partial charge on any atom is -0.280 e. The lowest BCUT2D eigenvalue weighted by Gasteiger charge is -2.20. The van der Waals surface area contributed by atoms with Crippen molar-refractivity contribution in [3.05, 3.63) is 11.6 Å². The fraction of sp³-hybridized carbons (Fsp3) is 0.810. The fourth-order valence-corrected chi connectivity index (χ4v) is 3.92. The molecule has 0 saturated heterocycles. The Labute approximate surface area is 171 Å². The second kappa shape index (κ2) is 14.8. The Bertz CT molecular complexity index is 506. The number of rotatable bonds is 16. The first-order chi connectivity index (χ1) is 13.5. The van der Waals surface area contributed by atoms with Gasteiger partial charge >= 0.3 is 12.1 Å². The zero-order valence-corrected chi connectivity index (χ0v) is 17.9. The number of nitrogens with zero attached hydrogens (tertiary/aromatic N) is 2. The lowest BCUT2D eigenvalue weighted by molar-refractivity contribution is -0.170. The maximum Gasteiger partial charge on any atom is 0.471 e. The van der Waals surface area contributed by atoms with Gasteiger partial charge in [-0.05, 0) is 6.42 Å². The normalized spacial score (nSPS) is 11.7. The molecule has 0 saturated carbocycles. The third-order valence-corrected chi connectivity index (χ3v) is 5.67. The van der Waals surface area contributed by atoms with Crippen molar-refractivity contribution in [2.45, 2.75) is 103 Å². The average molecular weight is 421 g/mol. The van der Waals surface area contributed by atoms with Gasteiger partial charge in [-0.25, -0.2) is 4.98 Å². The van der Waals surface area contributed by atoms with E-state index in [1.54, 1.807) is 5.38 Å². The number of carbonyl (C=O) groups excluding carboxylic acids is 1. The Hall–Kier alpha value is -1.11. The molecule has 0 aliphatic carbocycles. The zero-order chi connectivity index (χ0) is 20.7. The van der Waals surface area contributed by atoms with E-state index in [0.29, 0.717) is 6.42 Å². The van der Waals surface area contributed by atoms with Gasteiger partial charge in [0.25, 0.3) is 0 Å². The van der Waals surface area contributed by atoms with Crippen LogP contribution in [0.3, 0.4) is 0 Å². The predicted octanol–water partition coefficient (Wildman–Crippen LogP) is 7.52. The zero-order valence-electron chi connectivity index (χ0n) is 17.1. The minimum absolute atomic E-state index is 0.0733. The number of aromatic nitrogens is 1. The molecule has 1 amide bonds. The average Bonchev–Trinajstić information content (AvgIpc) is 3.18. The Balaban J connectivity index is 2.05. The fourth-order valence-electron chi connectivity index (χ4n) is 3.25. The van der Waals surface area contributed by atoms with E-state index >= 15 is 0 Å². The molecule has 3 nitrogen and oxygen atoms in total. The van der Waals surface area contributed by atoms with Crippen LogP contribution >= 0.6 is 11.3 Å². The molecule has 0 fully saturated rings. The molecule has 0 unspecified atom stereocenters. The van der Waals surface area contributed by atoms with Crippen LogP contribution in [0.25, 0.3) is 0 Å². The summed E-state index contributed by atoms with van der Waals surface area (Å²) in [6, 6.07) is 0. The van der Waals surface area contributed by atoms with Crippen LogP contribution in [0.15, 0.2) is 11.6 Å². The van der Waals surface area contributed by atoms with Crippen molar-refractivity contribution in [2.75, 3.05) is 11.4 Å². The highest BCUT2D eigenvalue weighted by molar-refractivity contribution is 7.13. The van der Waals surface area contributed by atoms with Gasteiger partial charge in [-0.15, -0.1) is 11.3 Å². The quantitative estimate of drug-likeness (QED) is 0.259. The Kier molecular flexibility index (Phi) is 13.2. The molecule has 0 spiro atoms. The second-order valence-corrected chi connectivity index (χ2v) is 8.24. The summed E-state index contributed by atoms with van der Waals surface area (Å²) in [6.07, 6.45) is 13.2. The predicted molar refractivity (Wildman–Crippen MR) is 111 cm³/mol. The van der Waals surface area contributed by atoms with Gasteiger partial charge in [-0.2, -0.15) is 13.2 Å². The van der Waals surface area contributed by atoms with E-state index in [0.717, 1.165) is 35.5 Å². The third kappa shape index (κ3) is 11.0. The van der Waals surface area contributed by atoms with Crippen LogP contribution in [-0.2, 0) is 4.79 Å². The highest BCUT2D eigenvalue weighted by Crippen LogP contribution is 2.25. The first-order valence-electron chi connectivity index (χ1n) is 10.7. The van der Waals surface area contributed by atoms with Crippen LogP contribution in [-0.4, -0.2) is 23.6 Å². The number of alkyl halides is 3. The number of hydrogen-bond donors (Lipinski definition) is 0. The summed E-state index contributed by atoms with van der Waals surface area (Å²) in [5.41, 5.74) is 0. The lowest BCUT2D eigenvalue weighted by Crippen LogP contribution is -2.41. The van der Waals surface area contributed by atoms with Crippen molar-refractivity contribution >= 4 is 22.4 Å². The molecule has 0 radical (unpaired) electrons. The largest absolute Gasteiger partial charge is 0.471 e. The monoisotopic (exact) mass is 420 g/mol. The summed E-state index contributed by atoms with van der Waals surface area (Å²) in [5.74, 6) is -1.82. The molecule has 0 atom stereocenters. The standard InChI is InChI=1S/C21H35F3N2OS/c1-2-3-4-5-6-7-8-9-10-11-12-13-14-15-17-26(19(27)21(22,23)24)20-25-16-18-28-20/h16,18H,2-15,17H2,1H3. The molecule has 7 heteroatoms. The van der Waals surface area contributed by atoms with Gasteiger partial charge in [0, 0.05) is 18.1 Å². The van der Waals surface area contributed by atoms with Crippen molar-refractivity contribution < 1.29 is 18.0 Å². The van der Waals surface area contributed by atoms with E-state index in [2.05, 4.69) is 11.9 Å². The topological polar surface area (TPSA) is 33.2 Å². The van der Waals surface area contributed by atoms with Crippen molar-refractivity contribution in [1.82, 2.24) is 4.98 Å². The van der Waals surface area contributed by atoms with Crippen LogP contribution in [0.5, 0.6) is 0 Å². The van der Waals surface area contributed by atoms with Gasteiger partial charge in [-0.3, -0.25) is 9.69 Å². The Morgan fingerprint density at radius 1 is 0.893 bits per heavy atom. The van der Waals surface area contributed by atoms with Gasteiger partial charge in [0.15, 0.2) is 5.13 Å². The van der Waals surface area contributed by atoms with Crippen LogP contribution in [0.1, 0.15) is 96.8 Å². The lowest BCUT2D eigenvalue weighted by atomic mass is 10.0. The van der Waals surface area contributed by atoms with Crippen molar-refractivity contribution in [3.63, 3.8) is 0 Å². The molecule has 0 aromatic carbocycles. The van der Waals surface area contributed by atoms with Crippen molar-refractivity contribution in [1.29, 1.82) is 0 Å². The summed E-state index contributed by atoms with van der Waals surface area (Å²) in [4.78, 5) is 16.2. The first kappa shape index (κ1) is 24.9. The van der Waals surface area contributed by atoms with Gasteiger partial charge in [0.2, 0.25) is 0 Å². The molecule has 0 aliphatic heterocycles. The third-order valence-electron chi connectivity index (χ3n) is 4.87. The number of halogens is 3. The SMILES string of the molecule is CCCCCCCCCCCCCCCCN(C(=O)C(F)(F)F)c1nccs1. The minimum atomic E-state index is -4.86. The number of amides is 1. The molecular formula is C21H35F3N2OS. The highest BCUT2D eigenvalue weighted by Gasteiger charge is 2.43. The van der Waals surface area contributed by atoms with E-state index in [1.165, 1.54) is 70.4 Å². The number of carbonyl (C=O) groups is 1. The summed E-state index contributed by atoms with van der Waals surface area (Å²) in [5, 5.41) is 1.70. The molecule has 0 N–H and O–H groups in total. The molecular weight excluding hydrogens is 385 g/mol. The van der Waals surface area contributed by atoms with E-state index in [1.807, 2.05) is 0 Å². The van der Waals surface area contributed by atoms with E-state index < -0.39 is 12.1 Å². The maximum absolute atomic E-state index is 12.8. The van der Waals surface area contributed by atoms with Crippen LogP contribution in [0.4, 0.5) is 18.3 Å². The van der Waals surface area contributed by atoms with Gasteiger partial charge in [-0.1, -0.05) is 90.4 Å². The molecule has 1 aromatic rings. The molecule has 0 bridgehead atoms. The summed E-state index contributed by atoms with van der Waals surface area (Å²) in [6.45, 7) is 2.31. The van der Waals surface area contributed by atoms with Gasteiger partial charge in [0.05, 0.1) is 0 Å². The van der Waals surface area contributed by atoms with Crippen LogP contribution in [0.2, 0.25) is 0 Å². The summed E-state index contributed by atoms with van der Waals surface area (Å²) >= 11 is 1.06. The van der Waals surface area contributed by atoms with Crippen molar-refractivity contribution in [3.8, 4) is 0 Å². The van der Waals surface area contributed by atoms with Crippen LogP contribution < -0.4 is 4.90 Å². The Morgan fingerprint density at radius 3 is 1.75 bits per heavy atom. The van der Waals surface area contributed by atoms with Crippen molar-refractivity contribution in [2.24, 2.45) is 0 Å². The smallest absolute Gasteiger partial charge is 0.280 e. The molecule has 0 aliphatic rings. The van der Waals surface area contributed by atoms with Gasteiger partial charge in [0.1, 0.15) is 0 Å². The number of thiazole rings is 1. The Morgan fingerprint density at radius 2 is 1.36 bits per heavy atom. The molecule has 1 rings (SSSR count). The maximum atomic E-state index is 12.8. The second-order valence-electron chi connectivity index (χ2n) is 7.37. The van der Waals surface area contributed by atoms with Crippen LogP contribution in [0, 0.1) is 0 Å². The molecule has 28 heavy (non-hydrogen) atoms. The molecule has 1 heterocycles. The van der Waals surface area contributed by atoms with E-state index in [-0.39, 0.29) is 11.7 Å². The summed E-state index contributed by atoms with van der Waals surface area (Å²) in [7, 11) is 0.